The number of nitrogens with zero attached hydrogens (tertiary/aromatic N) is 1. The molecule has 3 heterocycles. The molecule has 1 saturated heterocycles. The highest BCUT2D eigenvalue weighted by Crippen LogP contribution is 2.37. The zero-order valence-electron chi connectivity index (χ0n) is 23.8. The van der Waals surface area contributed by atoms with E-state index in [0.29, 0.717) is 23.4 Å². The predicted octanol–water partition coefficient (Wildman–Crippen LogP) is 5.61. The maximum atomic E-state index is 13.1. The lowest BCUT2D eigenvalue weighted by Gasteiger charge is -2.26. The van der Waals surface area contributed by atoms with Gasteiger partial charge in [-0.25, -0.2) is 13.4 Å². The summed E-state index contributed by atoms with van der Waals surface area (Å²) in [6, 6.07) is 13.1. The minimum atomic E-state index is -3.50. The minimum Gasteiger partial charge on any atom is -0.488 e. The third-order valence-electron chi connectivity index (χ3n) is 7.26. The number of sulfone groups is 1. The Morgan fingerprint density at radius 3 is 2.60 bits per heavy atom. The molecular weight excluding hydrogens is 524 g/mol. The fraction of sp³-hybridized carbons (Fsp3) is 0.400. The number of piperidine rings is 1. The largest absolute Gasteiger partial charge is 0.488 e. The Labute approximate surface area is 236 Å². The first-order chi connectivity index (χ1) is 19.1. The van der Waals surface area contributed by atoms with Crippen molar-refractivity contribution in [2.45, 2.75) is 69.6 Å². The van der Waals surface area contributed by atoms with Crippen molar-refractivity contribution < 1.29 is 18.1 Å². The van der Waals surface area contributed by atoms with Crippen molar-refractivity contribution in [2.24, 2.45) is 0 Å². The number of H-pyrrole nitrogens is 2. The molecule has 1 unspecified atom stereocenters. The van der Waals surface area contributed by atoms with Crippen molar-refractivity contribution in [1.82, 2.24) is 15.3 Å². The average molecular weight is 564 g/mol. The predicted molar refractivity (Wildman–Crippen MR) is 160 cm³/mol. The molecule has 1 aliphatic heterocycles. The smallest absolute Gasteiger partial charge is 0.351 e. The van der Waals surface area contributed by atoms with Gasteiger partial charge in [0.25, 0.3) is 0 Å². The number of fused-ring (bicyclic) bond motifs is 1. The molecule has 9 nitrogen and oxygen atoms in total. The van der Waals surface area contributed by atoms with Crippen LogP contribution in [0.15, 0.2) is 53.6 Å². The number of anilines is 4. The van der Waals surface area contributed by atoms with Gasteiger partial charge in [0, 0.05) is 12.7 Å². The van der Waals surface area contributed by atoms with Gasteiger partial charge in [0.05, 0.1) is 27.3 Å². The van der Waals surface area contributed by atoms with Gasteiger partial charge in [0.15, 0.2) is 15.6 Å². The van der Waals surface area contributed by atoms with Crippen molar-refractivity contribution in [3.63, 3.8) is 0 Å². The van der Waals surface area contributed by atoms with Crippen LogP contribution in [0.1, 0.15) is 57.6 Å². The Morgan fingerprint density at radius 1 is 1.07 bits per heavy atom. The third-order valence-corrected chi connectivity index (χ3v) is 9.47. The molecule has 212 valence electrons. The van der Waals surface area contributed by atoms with E-state index in [1.54, 1.807) is 32.0 Å². The van der Waals surface area contributed by atoms with Crippen molar-refractivity contribution in [2.75, 3.05) is 23.7 Å². The number of ether oxygens (including phenoxy) is 1. The summed E-state index contributed by atoms with van der Waals surface area (Å²) in [7, 11) is -3.50. The van der Waals surface area contributed by atoms with Crippen LogP contribution in [0.25, 0.3) is 11.0 Å². The van der Waals surface area contributed by atoms with Crippen molar-refractivity contribution in [1.29, 1.82) is 0 Å². The lowest BCUT2D eigenvalue weighted by atomic mass is 9.88. The SMILES string of the molecule is Cc1cc(Nc2nc(Nc3ccccc3S(=O)(=O)C(C)C)c3cc[nH]c3[nH+]2)c(OC(C)C)cc1C1CCCNC1. The van der Waals surface area contributed by atoms with Gasteiger partial charge in [-0.15, -0.1) is 0 Å². The van der Waals surface area contributed by atoms with Crippen LogP contribution in [-0.2, 0) is 9.84 Å². The molecule has 1 aliphatic rings. The van der Waals surface area contributed by atoms with E-state index in [1.807, 2.05) is 32.2 Å². The van der Waals surface area contributed by atoms with Crippen molar-refractivity contribution >= 4 is 44.0 Å². The zero-order valence-corrected chi connectivity index (χ0v) is 24.6. The molecule has 0 saturated carbocycles. The van der Waals surface area contributed by atoms with Crippen molar-refractivity contribution in [3.05, 3.63) is 59.8 Å². The molecule has 1 atom stereocenters. The number of aryl methyl sites for hydroxylation is 1. The highest BCUT2D eigenvalue weighted by atomic mass is 32.2. The molecule has 0 spiro atoms. The molecule has 5 N–H and O–H groups in total. The molecule has 2 aromatic carbocycles. The molecule has 10 heteroatoms. The van der Waals surface area contributed by atoms with Gasteiger partial charge >= 0.3 is 5.95 Å². The first-order valence-corrected chi connectivity index (χ1v) is 15.5. The van der Waals surface area contributed by atoms with E-state index >= 15 is 0 Å². The second-order valence-corrected chi connectivity index (χ2v) is 13.4. The molecular formula is C30H39N6O3S+. The molecule has 5 rings (SSSR count). The first-order valence-electron chi connectivity index (χ1n) is 13.9. The van der Waals surface area contributed by atoms with E-state index in [1.165, 1.54) is 11.1 Å². The summed E-state index contributed by atoms with van der Waals surface area (Å²) in [5.74, 6) is 2.24. The lowest BCUT2D eigenvalue weighted by molar-refractivity contribution is -0.333. The molecule has 0 radical (unpaired) electrons. The average Bonchev–Trinajstić information content (AvgIpc) is 3.40. The summed E-state index contributed by atoms with van der Waals surface area (Å²) in [5, 5.41) is 10.5. The number of hydrogen-bond acceptors (Lipinski definition) is 7. The summed E-state index contributed by atoms with van der Waals surface area (Å²) >= 11 is 0. The van der Waals surface area contributed by atoms with E-state index in [2.05, 4.69) is 45.0 Å². The lowest BCUT2D eigenvalue weighted by Crippen LogP contribution is -2.28. The monoisotopic (exact) mass is 563 g/mol. The van der Waals surface area contributed by atoms with Crippen LogP contribution < -0.4 is 25.7 Å². The molecule has 0 bridgehead atoms. The van der Waals surface area contributed by atoms with Crippen LogP contribution in [-0.4, -0.2) is 42.8 Å². The normalized spacial score (nSPS) is 16.0. The van der Waals surface area contributed by atoms with Gasteiger partial charge in [0.2, 0.25) is 11.5 Å². The zero-order chi connectivity index (χ0) is 28.4. The summed E-state index contributed by atoms with van der Waals surface area (Å²) in [6.45, 7) is 11.6. The second kappa shape index (κ2) is 11.5. The summed E-state index contributed by atoms with van der Waals surface area (Å²) in [4.78, 5) is 11.6. The number of rotatable bonds is 9. The molecule has 4 aromatic rings. The van der Waals surface area contributed by atoms with Crippen LogP contribution in [0.3, 0.4) is 0 Å². The molecule has 0 aliphatic carbocycles. The maximum Gasteiger partial charge on any atom is 0.351 e. The summed E-state index contributed by atoms with van der Waals surface area (Å²) < 4.78 is 32.4. The number of aromatic amines is 2. The Bertz CT molecular complexity index is 1610. The van der Waals surface area contributed by atoms with Crippen LogP contribution in [0, 0.1) is 6.92 Å². The van der Waals surface area contributed by atoms with Gasteiger partial charge < -0.3 is 15.4 Å². The standard InChI is InChI=1S/C30H38N6O3S/c1-18(2)39-26-16-23(21-9-8-13-31-17-21)20(5)15-25(26)34-30-35-28-22(12-14-32-28)29(36-30)33-24-10-6-7-11-27(24)40(37,38)19(3)4/h6-7,10-12,14-16,18-19,21,31H,8-9,13,17H2,1-5H3,(H3,32,33,34,35,36)/p+1. The molecule has 2 aromatic heterocycles. The van der Waals surface area contributed by atoms with Gasteiger partial charge in [-0.2, -0.15) is 0 Å². The fourth-order valence-corrected chi connectivity index (χ4v) is 6.38. The summed E-state index contributed by atoms with van der Waals surface area (Å²) in [5.41, 5.74) is 4.53. The van der Waals surface area contributed by atoms with Gasteiger partial charge in [-0.1, -0.05) is 17.1 Å². The quantitative estimate of drug-likeness (QED) is 0.209. The van der Waals surface area contributed by atoms with Crippen LogP contribution in [0.4, 0.5) is 23.1 Å². The van der Waals surface area contributed by atoms with Gasteiger partial charge in [-0.05, 0) is 101 Å². The Balaban J connectivity index is 1.53. The number of benzene rings is 2. The molecule has 0 amide bonds. The minimum absolute atomic E-state index is 0.0000449. The Kier molecular flexibility index (Phi) is 8.00. The van der Waals surface area contributed by atoms with Crippen LogP contribution in [0.5, 0.6) is 5.75 Å². The Hall–Kier alpha value is -3.63. The number of nitrogens with one attached hydrogen (secondary N) is 5. The van der Waals surface area contributed by atoms with Gasteiger partial charge in [-0.3, -0.25) is 10.3 Å². The van der Waals surface area contributed by atoms with Gasteiger partial charge in [0.1, 0.15) is 5.69 Å². The van der Waals surface area contributed by atoms with E-state index in [0.717, 1.165) is 48.4 Å². The van der Waals surface area contributed by atoms with E-state index in [-0.39, 0.29) is 11.0 Å². The first kappa shape index (κ1) is 27.9. The molecule has 1 fully saturated rings. The highest BCUT2D eigenvalue weighted by molar-refractivity contribution is 7.92. The summed E-state index contributed by atoms with van der Waals surface area (Å²) in [6.07, 6.45) is 4.14. The number of aromatic nitrogens is 3. The van der Waals surface area contributed by atoms with E-state index < -0.39 is 15.1 Å². The Morgan fingerprint density at radius 2 is 1.88 bits per heavy atom. The molecule has 40 heavy (non-hydrogen) atoms. The van der Waals surface area contributed by atoms with E-state index in [9.17, 15) is 8.42 Å². The van der Waals surface area contributed by atoms with Crippen LogP contribution >= 0.6 is 0 Å². The maximum absolute atomic E-state index is 13.1. The topological polar surface area (TPSA) is 122 Å². The third kappa shape index (κ3) is 5.78. The van der Waals surface area contributed by atoms with E-state index in [4.69, 9.17) is 9.72 Å². The number of para-hydroxylation sites is 1. The second-order valence-electron chi connectivity index (χ2n) is 11.0. The van der Waals surface area contributed by atoms with Crippen molar-refractivity contribution in [3.8, 4) is 5.75 Å². The number of hydrogen-bond donors (Lipinski definition) is 4. The van der Waals surface area contributed by atoms with Crippen LogP contribution in [0.2, 0.25) is 0 Å². The fourth-order valence-electron chi connectivity index (χ4n) is 5.18. The highest BCUT2D eigenvalue weighted by Gasteiger charge is 2.25.